The molecule has 0 amide bonds. The van der Waals surface area contributed by atoms with Crippen LogP contribution in [0.5, 0.6) is 0 Å². The summed E-state index contributed by atoms with van der Waals surface area (Å²) in [6, 6.07) is 8.43. The zero-order valence-electron chi connectivity index (χ0n) is 7.88. The topological polar surface area (TPSA) is 0 Å². The van der Waals surface area contributed by atoms with E-state index in [-0.39, 0.29) is 4.83 Å². The quantitative estimate of drug-likeness (QED) is 0.309. The maximum Gasteiger partial charge on any atom is 0.0664 e. The van der Waals surface area contributed by atoms with E-state index in [2.05, 4.69) is 94.0 Å². The molecule has 2 rings (SSSR count). The molecule has 0 aliphatic carbocycles. The molecular weight excluding hydrogens is 531 g/mol. The Hall–Kier alpha value is 1.09. The predicted molar refractivity (Wildman–Crippen MR) is 89.6 cm³/mol. The second kappa shape index (κ2) is 5.82. The highest BCUT2D eigenvalue weighted by atomic mass is 127. The third kappa shape index (κ3) is 3.10. The van der Waals surface area contributed by atoms with Gasteiger partial charge in [-0.05, 0) is 63.4 Å². The normalized spacial score (nSPS) is 12.8. The van der Waals surface area contributed by atoms with Crippen LogP contribution in [-0.2, 0) is 0 Å². The highest BCUT2D eigenvalue weighted by molar-refractivity contribution is 14.1. The molecule has 1 heterocycles. The summed E-state index contributed by atoms with van der Waals surface area (Å²) >= 11 is 14.9. The first-order valence-electron chi connectivity index (χ1n) is 4.41. The molecule has 1 aromatic heterocycles. The van der Waals surface area contributed by atoms with Crippen LogP contribution in [-0.4, -0.2) is 0 Å². The summed E-state index contributed by atoms with van der Waals surface area (Å²) in [4.78, 5) is 0.235. The number of alkyl halides is 1. The minimum Gasteiger partial charge on any atom is -0.137 e. The van der Waals surface area contributed by atoms with E-state index in [1.54, 1.807) is 11.3 Å². The van der Waals surface area contributed by atoms with Crippen LogP contribution in [0.3, 0.4) is 0 Å². The predicted octanol–water partition coefficient (Wildman–Crippen LogP) is 6.36. The molecular formula is C11H6Br3IS. The first kappa shape index (κ1) is 13.5. The average Bonchev–Trinajstić information content (AvgIpc) is 2.67. The van der Waals surface area contributed by atoms with E-state index in [1.807, 2.05) is 6.07 Å². The van der Waals surface area contributed by atoms with E-state index in [9.17, 15) is 0 Å². The third-order valence-electron chi connectivity index (χ3n) is 2.11. The van der Waals surface area contributed by atoms with Gasteiger partial charge in [0.2, 0.25) is 0 Å². The Morgan fingerprint density at radius 1 is 1.19 bits per heavy atom. The lowest BCUT2D eigenvalue weighted by molar-refractivity contribution is 1.17. The Kier molecular flexibility index (Phi) is 4.92. The Balaban J connectivity index is 2.40. The van der Waals surface area contributed by atoms with Gasteiger partial charge in [0, 0.05) is 8.95 Å². The fourth-order valence-electron chi connectivity index (χ4n) is 1.34. The Labute approximate surface area is 137 Å². The van der Waals surface area contributed by atoms with Gasteiger partial charge in [0.15, 0.2) is 0 Å². The van der Waals surface area contributed by atoms with Crippen molar-refractivity contribution in [1.29, 1.82) is 0 Å². The molecule has 0 radical (unpaired) electrons. The van der Waals surface area contributed by atoms with Gasteiger partial charge >= 0.3 is 0 Å². The molecule has 0 spiro atoms. The van der Waals surface area contributed by atoms with E-state index in [0.29, 0.717) is 0 Å². The summed E-state index contributed by atoms with van der Waals surface area (Å²) < 4.78 is 3.53. The highest BCUT2D eigenvalue weighted by Gasteiger charge is 2.15. The van der Waals surface area contributed by atoms with Gasteiger partial charge in [-0.3, -0.25) is 0 Å². The highest BCUT2D eigenvalue weighted by Crippen LogP contribution is 2.38. The van der Waals surface area contributed by atoms with Crippen LogP contribution in [0.1, 0.15) is 16.0 Å². The molecule has 2 aromatic rings. The largest absolute Gasteiger partial charge is 0.137 e. The summed E-state index contributed by atoms with van der Waals surface area (Å²) in [6.45, 7) is 0. The first-order valence-corrected chi connectivity index (χ1v) is 8.87. The molecule has 1 atom stereocenters. The molecule has 16 heavy (non-hydrogen) atoms. The van der Waals surface area contributed by atoms with E-state index < -0.39 is 0 Å². The molecule has 84 valence electrons. The van der Waals surface area contributed by atoms with Gasteiger partial charge in [-0.1, -0.05) is 47.8 Å². The molecule has 1 unspecified atom stereocenters. The van der Waals surface area contributed by atoms with E-state index in [1.165, 1.54) is 14.0 Å². The summed E-state index contributed by atoms with van der Waals surface area (Å²) in [5, 5.41) is 2.19. The summed E-state index contributed by atoms with van der Waals surface area (Å²) in [5.41, 5.74) is 2.54. The number of thiophene rings is 1. The molecule has 0 aliphatic rings. The zero-order valence-corrected chi connectivity index (χ0v) is 15.6. The van der Waals surface area contributed by atoms with Crippen LogP contribution < -0.4 is 0 Å². The summed E-state index contributed by atoms with van der Waals surface area (Å²) in [6.07, 6.45) is 0. The van der Waals surface area contributed by atoms with Crippen molar-refractivity contribution < 1.29 is 0 Å². The van der Waals surface area contributed by atoms with Gasteiger partial charge < -0.3 is 0 Å². The van der Waals surface area contributed by atoms with E-state index in [0.717, 1.165) is 8.95 Å². The van der Waals surface area contributed by atoms with Crippen LogP contribution in [0.25, 0.3) is 0 Å². The second-order valence-corrected chi connectivity index (χ2v) is 8.70. The maximum absolute atomic E-state index is 3.74. The van der Waals surface area contributed by atoms with Crippen molar-refractivity contribution in [3.05, 3.63) is 52.6 Å². The SMILES string of the molecule is Brc1ccc(Br)c(C(Br)c2csc(I)c2)c1. The van der Waals surface area contributed by atoms with Crippen LogP contribution in [0.15, 0.2) is 38.6 Å². The summed E-state index contributed by atoms with van der Waals surface area (Å²) in [5.74, 6) is 0. The zero-order chi connectivity index (χ0) is 11.7. The molecule has 1 aromatic carbocycles. The molecule has 0 aliphatic heterocycles. The van der Waals surface area contributed by atoms with Crippen molar-refractivity contribution in [2.75, 3.05) is 0 Å². The fraction of sp³-hybridized carbons (Fsp3) is 0.0909. The Morgan fingerprint density at radius 3 is 2.56 bits per heavy atom. The van der Waals surface area contributed by atoms with Gasteiger partial charge in [-0.15, -0.1) is 11.3 Å². The Bertz CT molecular complexity index is 510. The van der Waals surface area contributed by atoms with Crippen molar-refractivity contribution in [3.8, 4) is 0 Å². The minimum absolute atomic E-state index is 0.235. The van der Waals surface area contributed by atoms with Crippen molar-refractivity contribution in [2.24, 2.45) is 0 Å². The van der Waals surface area contributed by atoms with Gasteiger partial charge in [-0.2, -0.15) is 0 Å². The van der Waals surface area contributed by atoms with E-state index >= 15 is 0 Å². The number of hydrogen-bond acceptors (Lipinski definition) is 1. The fourth-order valence-corrected chi connectivity index (χ4v) is 4.72. The van der Waals surface area contributed by atoms with Gasteiger partial charge in [0.25, 0.3) is 0 Å². The lowest BCUT2D eigenvalue weighted by atomic mass is 10.1. The lowest BCUT2D eigenvalue weighted by Crippen LogP contribution is -1.92. The van der Waals surface area contributed by atoms with Gasteiger partial charge in [-0.25, -0.2) is 0 Å². The molecule has 0 bridgehead atoms. The second-order valence-electron chi connectivity index (χ2n) is 3.21. The smallest absolute Gasteiger partial charge is 0.0664 e. The number of rotatable bonds is 2. The van der Waals surface area contributed by atoms with Gasteiger partial charge in [0.1, 0.15) is 0 Å². The van der Waals surface area contributed by atoms with Crippen LogP contribution in [0.2, 0.25) is 0 Å². The average molecular weight is 537 g/mol. The van der Waals surface area contributed by atoms with Crippen LogP contribution >= 0.6 is 81.7 Å². The lowest BCUT2D eigenvalue weighted by Gasteiger charge is -2.11. The number of hydrogen-bond donors (Lipinski definition) is 0. The summed E-state index contributed by atoms with van der Waals surface area (Å²) in [7, 11) is 0. The van der Waals surface area contributed by atoms with Crippen LogP contribution in [0.4, 0.5) is 0 Å². The minimum atomic E-state index is 0.235. The third-order valence-corrected chi connectivity index (χ3v) is 6.16. The first-order chi connectivity index (χ1) is 7.58. The standard InChI is InChI=1S/C11H6Br3IS/c12-7-1-2-9(13)8(4-7)11(14)6-3-10(15)16-5-6/h1-5,11H. The van der Waals surface area contributed by atoms with Gasteiger partial charge in [0.05, 0.1) is 7.71 Å². The Morgan fingerprint density at radius 2 is 1.94 bits per heavy atom. The number of halogens is 4. The monoisotopic (exact) mass is 534 g/mol. The van der Waals surface area contributed by atoms with E-state index in [4.69, 9.17) is 0 Å². The molecule has 0 saturated carbocycles. The van der Waals surface area contributed by atoms with Crippen molar-refractivity contribution in [1.82, 2.24) is 0 Å². The number of benzene rings is 1. The molecule has 0 N–H and O–H groups in total. The maximum atomic E-state index is 3.74. The van der Waals surface area contributed by atoms with Crippen LogP contribution in [0, 0.1) is 2.88 Å². The van der Waals surface area contributed by atoms with Crippen molar-refractivity contribution >= 4 is 81.7 Å². The van der Waals surface area contributed by atoms with Crippen molar-refractivity contribution in [3.63, 3.8) is 0 Å². The molecule has 0 nitrogen and oxygen atoms in total. The van der Waals surface area contributed by atoms with Crippen molar-refractivity contribution in [2.45, 2.75) is 4.83 Å². The molecule has 0 fully saturated rings. The molecule has 5 heteroatoms. The molecule has 0 saturated heterocycles.